The highest BCUT2D eigenvalue weighted by Crippen LogP contribution is 2.27. The molecule has 1 aliphatic heterocycles. The van der Waals surface area contributed by atoms with Gasteiger partial charge in [-0.2, -0.15) is 0 Å². The Bertz CT molecular complexity index is 1020. The van der Waals surface area contributed by atoms with Gasteiger partial charge in [0.25, 0.3) is 0 Å². The van der Waals surface area contributed by atoms with Crippen LogP contribution in [0.5, 0.6) is 5.75 Å². The molecule has 2 amide bonds. The average Bonchev–Trinajstić information content (AvgIpc) is 2.71. The van der Waals surface area contributed by atoms with Gasteiger partial charge in [0.2, 0.25) is 11.8 Å². The van der Waals surface area contributed by atoms with E-state index < -0.39 is 0 Å². The molecule has 142 valence electrons. The molecular formula is C23H22N2O3. The first-order valence-corrected chi connectivity index (χ1v) is 9.52. The largest absolute Gasteiger partial charge is 0.494 e. The van der Waals surface area contributed by atoms with Crippen LogP contribution in [0.4, 0.5) is 11.4 Å². The van der Waals surface area contributed by atoms with Crippen LogP contribution in [0.15, 0.2) is 60.7 Å². The van der Waals surface area contributed by atoms with Crippen molar-refractivity contribution in [2.45, 2.75) is 25.7 Å². The van der Waals surface area contributed by atoms with Gasteiger partial charge in [0, 0.05) is 29.6 Å². The summed E-state index contributed by atoms with van der Waals surface area (Å²) >= 11 is 0. The smallest absolute Gasteiger partial charge is 0.224 e. The van der Waals surface area contributed by atoms with Crippen LogP contribution in [0.3, 0.4) is 0 Å². The van der Waals surface area contributed by atoms with Crippen LogP contribution in [0, 0.1) is 0 Å². The molecule has 0 saturated heterocycles. The van der Waals surface area contributed by atoms with Gasteiger partial charge >= 0.3 is 0 Å². The average molecular weight is 374 g/mol. The summed E-state index contributed by atoms with van der Waals surface area (Å²) in [6, 6.07) is 19.6. The van der Waals surface area contributed by atoms with E-state index in [-0.39, 0.29) is 11.8 Å². The predicted octanol–water partition coefficient (Wildman–Crippen LogP) is 4.52. The molecule has 0 atom stereocenters. The molecule has 1 heterocycles. The number of rotatable bonds is 6. The standard InChI is InChI=1S/C23H22N2O3/c26-22(25-21-8-3-6-16-5-1-2-7-19(16)21)9-4-14-28-18-11-12-20-17(15-18)10-13-23(27)24-20/h1-3,5-8,11-12,15H,4,9-10,13-14H2,(H,24,27)(H,25,26). The fraction of sp³-hybridized carbons (Fsp3) is 0.217. The van der Waals surface area contributed by atoms with Gasteiger partial charge in [-0.05, 0) is 48.1 Å². The highest BCUT2D eigenvalue weighted by molar-refractivity contribution is 6.02. The molecule has 4 rings (SSSR count). The zero-order chi connectivity index (χ0) is 19.3. The van der Waals surface area contributed by atoms with Crippen LogP contribution in [0.25, 0.3) is 10.8 Å². The van der Waals surface area contributed by atoms with Gasteiger partial charge in [0.15, 0.2) is 0 Å². The highest BCUT2D eigenvalue weighted by atomic mass is 16.5. The van der Waals surface area contributed by atoms with Crippen molar-refractivity contribution in [3.8, 4) is 5.75 Å². The minimum atomic E-state index is -0.0203. The Morgan fingerprint density at radius 1 is 1.04 bits per heavy atom. The maximum Gasteiger partial charge on any atom is 0.224 e. The number of benzene rings is 3. The molecule has 5 nitrogen and oxygen atoms in total. The van der Waals surface area contributed by atoms with Gasteiger partial charge in [0.1, 0.15) is 5.75 Å². The van der Waals surface area contributed by atoms with Crippen LogP contribution in [0.2, 0.25) is 0 Å². The summed E-state index contributed by atoms with van der Waals surface area (Å²) in [5.41, 5.74) is 2.78. The Labute approximate surface area is 163 Å². The van der Waals surface area contributed by atoms with Crippen LogP contribution in [-0.2, 0) is 16.0 Å². The molecular weight excluding hydrogens is 352 g/mol. The monoisotopic (exact) mass is 374 g/mol. The molecule has 0 bridgehead atoms. The van der Waals surface area contributed by atoms with Crippen molar-refractivity contribution in [3.63, 3.8) is 0 Å². The zero-order valence-corrected chi connectivity index (χ0v) is 15.5. The van der Waals surface area contributed by atoms with Crippen LogP contribution < -0.4 is 15.4 Å². The second-order valence-corrected chi connectivity index (χ2v) is 6.89. The fourth-order valence-corrected chi connectivity index (χ4v) is 3.42. The minimum Gasteiger partial charge on any atom is -0.494 e. The molecule has 0 saturated carbocycles. The van der Waals surface area contributed by atoms with Gasteiger partial charge < -0.3 is 15.4 Å². The summed E-state index contributed by atoms with van der Waals surface area (Å²) in [5.74, 6) is 0.802. The summed E-state index contributed by atoms with van der Waals surface area (Å²) < 4.78 is 5.78. The number of anilines is 2. The number of amides is 2. The summed E-state index contributed by atoms with van der Waals surface area (Å²) in [7, 11) is 0. The SMILES string of the molecule is O=C1CCc2cc(OCCCC(=O)Nc3cccc4ccccc34)ccc2N1. The second-order valence-electron chi connectivity index (χ2n) is 6.89. The van der Waals surface area contributed by atoms with E-state index in [1.54, 1.807) is 0 Å². The minimum absolute atomic E-state index is 0.0203. The number of aryl methyl sites for hydroxylation is 1. The van der Waals surface area contributed by atoms with E-state index in [2.05, 4.69) is 10.6 Å². The number of carbonyl (C=O) groups is 2. The Hall–Kier alpha value is -3.34. The fourth-order valence-electron chi connectivity index (χ4n) is 3.42. The van der Waals surface area contributed by atoms with Gasteiger partial charge in [-0.25, -0.2) is 0 Å². The molecule has 0 spiro atoms. The predicted molar refractivity (Wildman–Crippen MR) is 111 cm³/mol. The van der Waals surface area contributed by atoms with Gasteiger partial charge in [-0.15, -0.1) is 0 Å². The van der Waals surface area contributed by atoms with Gasteiger partial charge in [-0.1, -0.05) is 36.4 Å². The normalized spacial score (nSPS) is 12.9. The number of hydrogen-bond acceptors (Lipinski definition) is 3. The Morgan fingerprint density at radius 3 is 2.82 bits per heavy atom. The van der Waals surface area contributed by atoms with Crippen molar-refractivity contribution < 1.29 is 14.3 Å². The van der Waals surface area contributed by atoms with Crippen molar-refractivity contribution in [2.75, 3.05) is 17.2 Å². The molecule has 3 aromatic carbocycles. The van der Waals surface area contributed by atoms with Crippen molar-refractivity contribution in [2.24, 2.45) is 0 Å². The van der Waals surface area contributed by atoms with E-state index in [0.717, 1.165) is 39.9 Å². The van der Waals surface area contributed by atoms with Crippen LogP contribution in [-0.4, -0.2) is 18.4 Å². The summed E-state index contributed by atoms with van der Waals surface area (Å²) in [4.78, 5) is 23.7. The van der Waals surface area contributed by atoms with E-state index in [1.165, 1.54) is 0 Å². The van der Waals surface area contributed by atoms with E-state index in [4.69, 9.17) is 4.74 Å². The molecule has 0 aromatic heterocycles. The Morgan fingerprint density at radius 2 is 1.89 bits per heavy atom. The molecule has 2 N–H and O–H groups in total. The first kappa shape index (κ1) is 18.0. The second kappa shape index (κ2) is 8.13. The maximum atomic E-state index is 12.3. The number of fused-ring (bicyclic) bond motifs is 2. The number of nitrogens with one attached hydrogen (secondary N) is 2. The third kappa shape index (κ3) is 4.14. The lowest BCUT2D eigenvalue weighted by Crippen LogP contribution is -2.18. The van der Waals surface area contributed by atoms with Crippen LogP contribution in [0.1, 0.15) is 24.8 Å². The summed E-state index contributed by atoms with van der Waals surface area (Å²) in [5, 5.41) is 7.99. The molecule has 5 heteroatoms. The molecule has 1 aliphatic rings. The maximum absolute atomic E-state index is 12.3. The first-order valence-electron chi connectivity index (χ1n) is 9.52. The quantitative estimate of drug-likeness (QED) is 0.623. The Balaban J connectivity index is 1.27. The lowest BCUT2D eigenvalue weighted by molar-refractivity contribution is -0.117. The van der Waals surface area contributed by atoms with Gasteiger partial charge in [0.05, 0.1) is 6.61 Å². The van der Waals surface area contributed by atoms with Crippen LogP contribution >= 0.6 is 0 Å². The number of carbonyl (C=O) groups excluding carboxylic acids is 2. The van der Waals surface area contributed by atoms with E-state index >= 15 is 0 Å². The lowest BCUT2D eigenvalue weighted by atomic mass is 10.0. The topological polar surface area (TPSA) is 67.4 Å². The summed E-state index contributed by atoms with van der Waals surface area (Å²) in [6.07, 6.45) is 2.26. The van der Waals surface area contributed by atoms with E-state index in [9.17, 15) is 9.59 Å². The lowest BCUT2D eigenvalue weighted by Gasteiger charge is -2.17. The molecule has 0 fully saturated rings. The highest BCUT2D eigenvalue weighted by Gasteiger charge is 2.15. The molecule has 0 radical (unpaired) electrons. The number of hydrogen-bond donors (Lipinski definition) is 2. The Kier molecular flexibility index (Phi) is 5.24. The van der Waals surface area contributed by atoms with Crippen molar-refractivity contribution >= 4 is 34.0 Å². The third-order valence-corrected chi connectivity index (χ3v) is 4.85. The van der Waals surface area contributed by atoms with Crippen molar-refractivity contribution in [3.05, 3.63) is 66.2 Å². The zero-order valence-electron chi connectivity index (χ0n) is 15.5. The molecule has 0 unspecified atom stereocenters. The van der Waals surface area contributed by atoms with Gasteiger partial charge in [-0.3, -0.25) is 9.59 Å². The van der Waals surface area contributed by atoms with Crippen molar-refractivity contribution in [1.29, 1.82) is 0 Å². The summed E-state index contributed by atoms with van der Waals surface area (Å²) in [6.45, 7) is 0.466. The van der Waals surface area contributed by atoms with E-state index in [1.807, 2.05) is 60.7 Å². The van der Waals surface area contributed by atoms with E-state index in [0.29, 0.717) is 25.9 Å². The first-order chi connectivity index (χ1) is 13.7. The molecule has 28 heavy (non-hydrogen) atoms. The molecule has 3 aromatic rings. The molecule has 0 aliphatic carbocycles. The number of ether oxygens (including phenoxy) is 1. The third-order valence-electron chi connectivity index (χ3n) is 4.85. The van der Waals surface area contributed by atoms with Crippen molar-refractivity contribution in [1.82, 2.24) is 0 Å².